The van der Waals surface area contributed by atoms with Gasteiger partial charge in [0.25, 0.3) is 0 Å². The van der Waals surface area contributed by atoms with Gasteiger partial charge in [-0.25, -0.2) is 4.39 Å². The van der Waals surface area contributed by atoms with Gasteiger partial charge in [0.1, 0.15) is 11.6 Å². The van der Waals surface area contributed by atoms with E-state index in [4.69, 9.17) is 0 Å². The normalized spacial score (nSPS) is 28.9. The highest BCUT2D eigenvalue weighted by Gasteiger charge is 2.57. The molecule has 1 fully saturated rings. The fraction of sp³-hybridized carbons (Fsp3) is 0.417. The summed E-state index contributed by atoms with van der Waals surface area (Å²) in [5.74, 6) is -0.0877. The van der Waals surface area contributed by atoms with Crippen LogP contribution in [0.3, 0.4) is 0 Å². The van der Waals surface area contributed by atoms with E-state index in [1.807, 2.05) is 6.92 Å². The van der Waals surface area contributed by atoms with Crippen LogP contribution in [0.4, 0.5) is 4.39 Å². The van der Waals surface area contributed by atoms with Crippen molar-refractivity contribution in [1.29, 1.82) is 0 Å². The van der Waals surface area contributed by atoms with Gasteiger partial charge >= 0.3 is 0 Å². The Balaban J connectivity index is 2.27. The van der Waals surface area contributed by atoms with Gasteiger partial charge in [-0.15, -0.1) is 0 Å². The van der Waals surface area contributed by atoms with Crippen LogP contribution in [0.2, 0.25) is 0 Å². The lowest BCUT2D eigenvalue weighted by Gasteiger charge is -2.09. The van der Waals surface area contributed by atoms with E-state index >= 15 is 0 Å². The molecule has 0 radical (unpaired) electrons. The SMILES string of the molecule is CCC(=O)C1CC1(Br)c1ccccc1F. The molecule has 1 aliphatic rings. The molecule has 0 aliphatic heterocycles. The van der Waals surface area contributed by atoms with Crippen LogP contribution < -0.4 is 0 Å². The Morgan fingerprint density at radius 2 is 2.27 bits per heavy atom. The quantitative estimate of drug-likeness (QED) is 0.770. The Morgan fingerprint density at radius 3 is 2.87 bits per heavy atom. The standard InChI is InChI=1S/C12H12BrFO/c1-2-11(15)9-7-12(9,13)8-5-3-4-6-10(8)14/h3-6,9H,2,7H2,1H3. The van der Waals surface area contributed by atoms with E-state index in [-0.39, 0.29) is 17.5 Å². The Hall–Kier alpha value is -0.700. The summed E-state index contributed by atoms with van der Waals surface area (Å²) in [6.07, 6.45) is 1.23. The number of benzene rings is 1. The summed E-state index contributed by atoms with van der Waals surface area (Å²) in [7, 11) is 0. The molecular weight excluding hydrogens is 259 g/mol. The van der Waals surface area contributed by atoms with Crippen molar-refractivity contribution in [3.63, 3.8) is 0 Å². The lowest BCUT2D eigenvalue weighted by molar-refractivity contribution is -0.120. The van der Waals surface area contributed by atoms with Crippen molar-refractivity contribution in [3.8, 4) is 0 Å². The highest BCUT2D eigenvalue weighted by molar-refractivity contribution is 9.09. The van der Waals surface area contributed by atoms with E-state index in [1.165, 1.54) is 6.07 Å². The zero-order valence-electron chi connectivity index (χ0n) is 8.47. The van der Waals surface area contributed by atoms with E-state index in [1.54, 1.807) is 18.2 Å². The van der Waals surface area contributed by atoms with Gasteiger partial charge in [0.15, 0.2) is 0 Å². The average molecular weight is 271 g/mol. The van der Waals surface area contributed by atoms with E-state index < -0.39 is 4.32 Å². The predicted molar refractivity (Wildman–Crippen MR) is 60.4 cm³/mol. The van der Waals surface area contributed by atoms with Gasteiger partial charge in [-0.05, 0) is 12.5 Å². The van der Waals surface area contributed by atoms with Gasteiger partial charge < -0.3 is 0 Å². The third-order valence-corrected chi connectivity index (χ3v) is 4.26. The highest BCUT2D eigenvalue weighted by atomic mass is 79.9. The zero-order chi connectivity index (χ0) is 11.1. The second-order valence-corrected chi connectivity index (χ2v) is 5.33. The number of rotatable bonds is 3. The van der Waals surface area contributed by atoms with Crippen molar-refractivity contribution >= 4 is 21.7 Å². The molecule has 0 amide bonds. The summed E-state index contributed by atoms with van der Waals surface area (Å²) in [5, 5.41) is 0. The van der Waals surface area contributed by atoms with Crippen molar-refractivity contribution in [2.24, 2.45) is 5.92 Å². The van der Waals surface area contributed by atoms with E-state index in [9.17, 15) is 9.18 Å². The molecule has 15 heavy (non-hydrogen) atoms. The average Bonchev–Trinajstić information content (AvgIpc) is 2.91. The first kappa shape index (κ1) is 10.8. The van der Waals surface area contributed by atoms with Crippen LogP contribution in [0.15, 0.2) is 24.3 Å². The molecule has 3 heteroatoms. The molecule has 80 valence electrons. The summed E-state index contributed by atoms with van der Waals surface area (Å²) in [4.78, 5) is 11.5. The summed E-state index contributed by atoms with van der Waals surface area (Å²) in [6, 6.07) is 6.64. The predicted octanol–water partition coefficient (Wildman–Crippen LogP) is 3.41. The molecule has 0 saturated heterocycles. The van der Waals surface area contributed by atoms with E-state index in [0.717, 1.165) is 0 Å². The maximum absolute atomic E-state index is 13.5. The maximum Gasteiger partial charge on any atom is 0.137 e. The van der Waals surface area contributed by atoms with Crippen molar-refractivity contribution in [3.05, 3.63) is 35.6 Å². The molecule has 1 aromatic carbocycles. The Bertz CT molecular complexity index is 404. The fourth-order valence-electron chi connectivity index (χ4n) is 1.95. The summed E-state index contributed by atoms with van der Waals surface area (Å²) in [6.45, 7) is 1.84. The van der Waals surface area contributed by atoms with Crippen molar-refractivity contribution in [2.45, 2.75) is 24.1 Å². The Labute approximate surface area is 96.8 Å². The number of ketones is 1. The first-order valence-electron chi connectivity index (χ1n) is 5.06. The number of halogens is 2. The lowest BCUT2D eigenvalue weighted by Crippen LogP contribution is -2.09. The molecule has 0 bridgehead atoms. The molecule has 0 N–H and O–H groups in total. The monoisotopic (exact) mass is 270 g/mol. The summed E-state index contributed by atoms with van der Waals surface area (Å²) < 4.78 is 13.1. The van der Waals surface area contributed by atoms with E-state index in [2.05, 4.69) is 15.9 Å². The van der Waals surface area contributed by atoms with E-state index in [0.29, 0.717) is 18.4 Å². The van der Waals surface area contributed by atoms with Gasteiger partial charge in [-0.3, -0.25) is 4.79 Å². The molecular formula is C12H12BrFO. The molecule has 1 saturated carbocycles. The Morgan fingerprint density at radius 1 is 1.60 bits per heavy atom. The zero-order valence-corrected chi connectivity index (χ0v) is 10.1. The molecule has 1 nitrogen and oxygen atoms in total. The number of alkyl halides is 1. The van der Waals surface area contributed by atoms with Crippen molar-refractivity contribution < 1.29 is 9.18 Å². The number of hydrogen-bond acceptors (Lipinski definition) is 1. The lowest BCUT2D eigenvalue weighted by atomic mass is 10.1. The summed E-state index contributed by atoms with van der Waals surface area (Å²) in [5.41, 5.74) is 0.608. The topological polar surface area (TPSA) is 17.1 Å². The van der Waals surface area contributed by atoms with Crippen LogP contribution >= 0.6 is 15.9 Å². The minimum atomic E-state index is -0.439. The molecule has 2 unspecified atom stereocenters. The molecule has 0 heterocycles. The number of hydrogen-bond donors (Lipinski definition) is 0. The van der Waals surface area contributed by atoms with Crippen LogP contribution in [0.25, 0.3) is 0 Å². The molecule has 1 aromatic rings. The van der Waals surface area contributed by atoms with Crippen LogP contribution in [-0.4, -0.2) is 5.78 Å². The molecule has 0 aromatic heterocycles. The minimum Gasteiger partial charge on any atom is -0.299 e. The fourth-order valence-corrected chi connectivity index (χ4v) is 2.85. The van der Waals surface area contributed by atoms with Crippen LogP contribution in [0.1, 0.15) is 25.3 Å². The highest BCUT2D eigenvalue weighted by Crippen LogP contribution is 2.60. The summed E-state index contributed by atoms with van der Waals surface area (Å²) >= 11 is 3.50. The van der Waals surface area contributed by atoms with Gasteiger partial charge in [0.2, 0.25) is 0 Å². The molecule has 1 aliphatic carbocycles. The van der Waals surface area contributed by atoms with Crippen LogP contribution in [-0.2, 0) is 9.12 Å². The van der Waals surface area contributed by atoms with Gasteiger partial charge in [0.05, 0.1) is 4.32 Å². The van der Waals surface area contributed by atoms with Crippen LogP contribution in [0, 0.1) is 11.7 Å². The number of carbonyl (C=O) groups is 1. The van der Waals surface area contributed by atoms with Crippen LogP contribution in [0.5, 0.6) is 0 Å². The maximum atomic E-state index is 13.5. The number of carbonyl (C=O) groups excluding carboxylic acids is 1. The minimum absolute atomic E-state index is 0.0561. The number of Topliss-reactive ketones (excluding diaryl/α,β-unsaturated/α-hetero) is 1. The first-order valence-corrected chi connectivity index (χ1v) is 5.85. The van der Waals surface area contributed by atoms with Gasteiger partial charge in [-0.1, -0.05) is 41.1 Å². The molecule has 2 atom stereocenters. The third-order valence-electron chi connectivity index (χ3n) is 2.95. The van der Waals surface area contributed by atoms with Gasteiger partial charge in [-0.2, -0.15) is 0 Å². The molecule has 2 rings (SSSR count). The molecule has 0 spiro atoms. The third kappa shape index (κ3) is 1.73. The smallest absolute Gasteiger partial charge is 0.137 e. The first-order chi connectivity index (χ1) is 7.09. The largest absolute Gasteiger partial charge is 0.299 e. The second kappa shape index (κ2) is 3.71. The Kier molecular flexibility index (Phi) is 2.67. The second-order valence-electron chi connectivity index (χ2n) is 3.92. The van der Waals surface area contributed by atoms with Crippen molar-refractivity contribution in [1.82, 2.24) is 0 Å². The van der Waals surface area contributed by atoms with Gasteiger partial charge in [0, 0.05) is 17.9 Å². The van der Waals surface area contributed by atoms with Crippen molar-refractivity contribution in [2.75, 3.05) is 0 Å².